The summed E-state index contributed by atoms with van der Waals surface area (Å²) in [4.78, 5) is 28.1. The number of nitrogens with one attached hydrogen (secondary N) is 1. The summed E-state index contributed by atoms with van der Waals surface area (Å²) in [6.07, 6.45) is -4.48. The number of aromatic nitrogens is 2. The highest BCUT2D eigenvalue weighted by Gasteiger charge is 2.31. The molecule has 0 aliphatic carbocycles. The van der Waals surface area contributed by atoms with Crippen LogP contribution in [0.2, 0.25) is 0 Å². The molecule has 164 valence electrons. The maximum Gasteiger partial charge on any atom is 0.573 e. The Morgan fingerprint density at radius 1 is 0.968 bits per heavy atom. The van der Waals surface area contributed by atoms with Crippen LogP contribution in [-0.4, -0.2) is 15.9 Å². The lowest BCUT2D eigenvalue weighted by Gasteiger charge is -2.13. The monoisotopic (exact) mass is 434 g/mol. The molecule has 0 spiro atoms. The fourth-order valence-corrected chi connectivity index (χ4v) is 3.22. The van der Waals surface area contributed by atoms with E-state index in [9.17, 15) is 22.8 Å². The lowest BCUT2D eigenvalue weighted by Crippen LogP contribution is -2.37. The number of ether oxygens (including phenoxy) is 2. The number of aryl methyl sites for hydroxylation is 2. The standard InChI is InChI=1S/C22H21F3N2O4/c1-4-18-19(30-17-10-13(2)9-14(3)11-17)26-21(29)27(20(18)28)12-15-5-7-16(8-6-15)31-22(23,24)25/h5-11H,4,12H2,1-3H3,(H,26,29). The average Bonchev–Trinajstić information content (AvgIpc) is 2.64. The van der Waals surface area contributed by atoms with Crippen LogP contribution in [0, 0.1) is 13.8 Å². The first-order valence-corrected chi connectivity index (χ1v) is 9.52. The highest BCUT2D eigenvalue weighted by molar-refractivity contribution is 5.37. The van der Waals surface area contributed by atoms with Gasteiger partial charge in [-0.1, -0.05) is 25.1 Å². The molecule has 0 bridgehead atoms. The van der Waals surface area contributed by atoms with E-state index in [2.05, 4.69) is 9.72 Å². The third-order valence-electron chi connectivity index (χ3n) is 4.51. The van der Waals surface area contributed by atoms with Gasteiger partial charge < -0.3 is 9.47 Å². The van der Waals surface area contributed by atoms with E-state index in [4.69, 9.17) is 4.74 Å². The number of alkyl halides is 3. The van der Waals surface area contributed by atoms with Gasteiger partial charge >= 0.3 is 12.1 Å². The van der Waals surface area contributed by atoms with Crippen LogP contribution < -0.4 is 20.7 Å². The normalized spacial score (nSPS) is 11.4. The molecule has 1 N–H and O–H groups in total. The summed E-state index contributed by atoms with van der Waals surface area (Å²) >= 11 is 0. The van der Waals surface area contributed by atoms with Crippen molar-refractivity contribution in [2.75, 3.05) is 0 Å². The summed E-state index contributed by atoms with van der Waals surface area (Å²) in [5, 5.41) is 0. The lowest BCUT2D eigenvalue weighted by atomic mass is 10.1. The Labute approximate surface area is 175 Å². The van der Waals surface area contributed by atoms with Crippen molar-refractivity contribution in [3.8, 4) is 17.4 Å². The Morgan fingerprint density at radius 2 is 1.58 bits per heavy atom. The van der Waals surface area contributed by atoms with Crippen LogP contribution >= 0.6 is 0 Å². The van der Waals surface area contributed by atoms with Gasteiger partial charge in [-0.2, -0.15) is 0 Å². The Morgan fingerprint density at radius 3 is 2.13 bits per heavy atom. The number of aromatic amines is 1. The second-order valence-corrected chi connectivity index (χ2v) is 7.10. The molecule has 0 unspecified atom stereocenters. The molecule has 3 rings (SSSR count). The van der Waals surface area contributed by atoms with Crippen LogP contribution in [0.25, 0.3) is 0 Å². The van der Waals surface area contributed by atoms with Crippen molar-refractivity contribution in [3.05, 3.63) is 85.6 Å². The topological polar surface area (TPSA) is 73.3 Å². The maximum absolute atomic E-state index is 12.9. The van der Waals surface area contributed by atoms with Gasteiger partial charge in [0.2, 0.25) is 5.88 Å². The summed E-state index contributed by atoms with van der Waals surface area (Å²) < 4.78 is 47.5. The molecule has 1 heterocycles. The summed E-state index contributed by atoms with van der Waals surface area (Å²) in [6.45, 7) is 5.47. The van der Waals surface area contributed by atoms with Crippen molar-refractivity contribution in [1.29, 1.82) is 0 Å². The molecule has 0 aliphatic rings. The molecule has 0 aliphatic heterocycles. The van der Waals surface area contributed by atoms with Gasteiger partial charge in [-0.25, -0.2) is 4.79 Å². The smallest absolute Gasteiger partial charge is 0.440 e. The van der Waals surface area contributed by atoms with Crippen molar-refractivity contribution in [1.82, 2.24) is 9.55 Å². The van der Waals surface area contributed by atoms with Crippen LogP contribution in [0.3, 0.4) is 0 Å². The Hall–Kier alpha value is -3.49. The average molecular weight is 434 g/mol. The molecule has 1 aromatic heterocycles. The second-order valence-electron chi connectivity index (χ2n) is 7.10. The van der Waals surface area contributed by atoms with Crippen molar-refractivity contribution in [3.63, 3.8) is 0 Å². The predicted molar refractivity (Wildman–Crippen MR) is 109 cm³/mol. The number of benzene rings is 2. The molecule has 0 atom stereocenters. The van der Waals surface area contributed by atoms with E-state index in [0.29, 0.717) is 17.7 Å². The van der Waals surface area contributed by atoms with Gasteiger partial charge in [0, 0.05) is 0 Å². The van der Waals surface area contributed by atoms with Gasteiger partial charge in [-0.05, 0) is 61.2 Å². The van der Waals surface area contributed by atoms with Crippen LogP contribution in [0.5, 0.6) is 17.4 Å². The highest BCUT2D eigenvalue weighted by atomic mass is 19.4. The number of halogens is 3. The van der Waals surface area contributed by atoms with Gasteiger partial charge in [0.05, 0.1) is 12.1 Å². The van der Waals surface area contributed by atoms with Crippen LogP contribution in [-0.2, 0) is 13.0 Å². The quantitative estimate of drug-likeness (QED) is 0.622. The Bertz CT molecular complexity index is 1180. The molecule has 0 saturated carbocycles. The van der Waals surface area contributed by atoms with Gasteiger partial charge in [0.15, 0.2) is 0 Å². The van der Waals surface area contributed by atoms with E-state index < -0.39 is 17.6 Å². The first kappa shape index (κ1) is 22.2. The maximum atomic E-state index is 12.9. The Balaban J connectivity index is 1.90. The van der Waals surface area contributed by atoms with Gasteiger partial charge in [0.25, 0.3) is 5.56 Å². The first-order valence-electron chi connectivity index (χ1n) is 9.52. The van der Waals surface area contributed by atoms with E-state index >= 15 is 0 Å². The van der Waals surface area contributed by atoms with Crippen molar-refractivity contribution >= 4 is 0 Å². The molecule has 31 heavy (non-hydrogen) atoms. The zero-order valence-electron chi connectivity index (χ0n) is 17.2. The van der Waals surface area contributed by atoms with Crippen molar-refractivity contribution in [2.45, 2.75) is 40.1 Å². The summed E-state index contributed by atoms with van der Waals surface area (Å²) in [5.74, 6) is 0.192. The molecule has 0 radical (unpaired) electrons. The van der Waals surface area contributed by atoms with Crippen molar-refractivity contribution < 1.29 is 22.6 Å². The van der Waals surface area contributed by atoms with Crippen LogP contribution in [0.1, 0.15) is 29.2 Å². The van der Waals surface area contributed by atoms with Crippen LogP contribution in [0.15, 0.2) is 52.1 Å². The summed E-state index contributed by atoms with van der Waals surface area (Å²) in [7, 11) is 0. The Kier molecular flexibility index (Phi) is 6.24. The predicted octanol–water partition coefficient (Wildman–Crippen LogP) is 4.46. The lowest BCUT2D eigenvalue weighted by molar-refractivity contribution is -0.274. The zero-order valence-corrected chi connectivity index (χ0v) is 17.2. The van der Waals surface area contributed by atoms with E-state index in [1.807, 2.05) is 19.9 Å². The molecule has 3 aromatic rings. The van der Waals surface area contributed by atoms with Gasteiger partial charge in [-0.15, -0.1) is 13.2 Å². The zero-order chi connectivity index (χ0) is 22.8. The van der Waals surface area contributed by atoms with E-state index in [0.717, 1.165) is 27.8 Å². The summed E-state index contributed by atoms with van der Waals surface area (Å²) in [5.41, 5.74) is 1.49. The van der Waals surface area contributed by atoms with E-state index in [1.54, 1.807) is 19.1 Å². The fourth-order valence-electron chi connectivity index (χ4n) is 3.22. The third kappa shape index (κ3) is 5.56. The molecule has 0 fully saturated rings. The minimum absolute atomic E-state index is 0.0766. The molecule has 2 aromatic carbocycles. The number of hydrogen-bond donors (Lipinski definition) is 1. The van der Waals surface area contributed by atoms with E-state index in [1.165, 1.54) is 12.1 Å². The van der Waals surface area contributed by atoms with Gasteiger partial charge in [0.1, 0.15) is 11.5 Å². The second kappa shape index (κ2) is 8.71. The number of nitrogens with zero attached hydrogens (tertiary/aromatic N) is 1. The third-order valence-corrected chi connectivity index (χ3v) is 4.51. The number of H-pyrrole nitrogens is 1. The molecule has 0 saturated heterocycles. The first-order chi connectivity index (χ1) is 14.6. The minimum Gasteiger partial charge on any atom is -0.440 e. The number of hydrogen-bond acceptors (Lipinski definition) is 4. The largest absolute Gasteiger partial charge is 0.573 e. The fraction of sp³-hybridized carbons (Fsp3) is 0.273. The molecule has 0 amide bonds. The van der Waals surface area contributed by atoms with E-state index in [-0.39, 0.29) is 23.7 Å². The minimum atomic E-state index is -4.79. The van der Waals surface area contributed by atoms with Gasteiger partial charge in [-0.3, -0.25) is 14.3 Å². The van der Waals surface area contributed by atoms with Crippen molar-refractivity contribution in [2.24, 2.45) is 0 Å². The summed E-state index contributed by atoms with van der Waals surface area (Å²) in [6, 6.07) is 10.5. The van der Waals surface area contributed by atoms with Crippen LogP contribution in [0.4, 0.5) is 13.2 Å². The number of rotatable bonds is 6. The molecular weight excluding hydrogens is 413 g/mol. The highest BCUT2D eigenvalue weighted by Crippen LogP contribution is 2.24. The molecule has 6 nitrogen and oxygen atoms in total. The molecule has 9 heteroatoms. The SMILES string of the molecule is CCc1c(Oc2cc(C)cc(C)c2)[nH]c(=O)n(Cc2ccc(OC(F)(F)F)cc2)c1=O. The molecular formula is C22H21F3N2O4.